The molecule has 1 atom stereocenters. The highest BCUT2D eigenvalue weighted by molar-refractivity contribution is 6.30. The maximum absolute atomic E-state index is 13.3. The Labute approximate surface area is 217 Å². The van der Waals surface area contributed by atoms with Gasteiger partial charge in [-0.3, -0.25) is 9.69 Å². The van der Waals surface area contributed by atoms with E-state index in [4.69, 9.17) is 16.1 Å². The van der Waals surface area contributed by atoms with Gasteiger partial charge in [0.25, 0.3) is 0 Å². The molecule has 0 spiro atoms. The molecule has 11 heteroatoms. The molecule has 1 unspecified atom stereocenters. The largest absolute Gasteiger partial charge is 0.416 e. The average Bonchev–Trinajstić information content (AvgIpc) is 3.37. The number of hydrogen-bond acceptors (Lipinski definition) is 6. The lowest BCUT2D eigenvalue weighted by Gasteiger charge is -2.39. The van der Waals surface area contributed by atoms with Gasteiger partial charge in [0.05, 0.1) is 18.0 Å². The van der Waals surface area contributed by atoms with Gasteiger partial charge < -0.3 is 14.3 Å². The minimum atomic E-state index is -4.38. The van der Waals surface area contributed by atoms with Crippen LogP contribution in [0.15, 0.2) is 53.1 Å². The molecule has 5 rings (SSSR count). The van der Waals surface area contributed by atoms with Crippen molar-refractivity contribution in [3.63, 3.8) is 0 Å². The van der Waals surface area contributed by atoms with Crippen molar-refractivity contribution in [2.45, 2.75) is 25.6 Å². The fourth-order valence-electron chi connectivity index (χ4n) is 4.98. The Hall–Kier alpha value is -3.11. The van der Waals surface area contributed by atoms with Gasteiger partial charge in [-0.25, -0.2) is 0 Å². The van der Waals surface area contributed by atoms with Crippen LogP contribution in [0, 0.1) is 5.92 Å². The zero-order valence-corrected chi connectivity index (χ0v) is 20.9. The third-order valence-corrected chi connectivity index (χ3v) is 7.13. The molecule has 2 aliphatic heterocycles. The molecule has 7 nitrogen and oxygen atoms in total. The second-order valence-corrected chi connectivity index (χ2v) is 9.89. The summed E-state index contributed by atoms with van der Waals surface area (Å²) in [5, 5.41) is 4.65. The molecule has 2 aromatic carbocycles. The van der Waals surface area contributed by atoms with E-state index in [1.54, 1.807) is 18.2 Å². The zero-order chi connectivity index (χ0) is 26.0. The summed E-state index contributed by atoms with van der Waals surface area (Å²) in [6, 6.07) is 12.6. The first-order chi connectivity index (χ1) is 17.8. The fourth-order valence-corrected chi connectivity index (χ4v) is 5.17. The molecule has 3 aromatic rings. The monoisotopic (exact) mass is 533 g/mol. The van der Waals surface area contributed by atoms with Crippen LogP contribution in [0.4, 0.5) is 18.9 Å². The minimum absolute atomic E-state index is 0.0959. The van der Waals surface area contributed by atoms with Crippen LogP contribution in [-0.2, 0) is 17.5 Å². The summed E-state index contributed by atoms with van der Waals surface area (Å²) in [5.74, 6) is 0.918. The maximum Gasteiger partial charge on any atom is 0.416 e. The summed E-state index contributed by atoms with van der Waals surface area (Å²) in [7, 11) is 0. The topological polar surface area (TPSA) is 65.7 Å². The van der Waals surface area contributed by atoms with Crippen molar-refractivity contribution in [3.8, 4) is 11.4 Å². The molecule has 3 heterocycles. The molecular weight excluding hydrogens is 507 g/mol. The number of nitrogens with zero attached hydrogens (tertiary/aromatic N) is 5. The van der Waals surface area contributed by atoms with Crippen molar-refractivity contribution in [3.05, 3.63) is 65.0 Å². The first kappa shape index (κ1) is 25.5. The van der Waals surface area contributed by atoms with Crippen LogP contribution in [0.25, 0.3) is 11.4 Å². The molecule has 2 aliphatic rings. The van der Waals surface area contributed by atoms with Crippen LogP contribution in [0.5, 0.6) is 0 Å². The van der Waals surface area contributed by atoms with Gasteiger partial charge in [0, 0.05) is 49.0 Å². The van der Waals surface area contributed by atoms with Crippen molar-refractivity contribution >= 4 is 23.2 Å². The Balaban J connectivity index is 1.15. The molecule has 0 bridgehead atoms. The molecule has 2 saturated heterocycles. The Bertz CT molecular complexity index is 1240. The summed E-state index contributed by atoms with van der Waals surface area (Å²) in [6.07, 6.45) is -2.69. The highest BCUT2D eigenvalue weighted by Crippen LogP contribution is 2.32. The van der Waals surface area contributed by atoms with Crippen LogP contribution >= 0.6 is 11.6 Å². The quantitative estimate of drug-likeness (QED) is 0.461. The van der Waals surface area contributed by atoms with E-state index >= 15 is 0 Å². The van der Waals surface area contributed by atoms with E-state index in [9.17, 15) is 18.0 Å². The lowest BCUT2D eigenvalue weighted by atomic mass is 9.96. The number of anilines is 1. The lowest BCUT2D eigenvalue weighted by molar-refractivity contribution is -0.138. The number of carbonyl (C=O) groups is 1. The number of carbonyl (C=O) groups excluding carboxylic acids is 1. The predicted octanol–water partition coefficient (Wildman–Crippen LogP) is 4.97. The van der Waals surface area contributed by atoms with E-state index < -0.39 is 11.7 Å². The smallest absolute Gasteiger partial charge is 0.368 e. The van der Waals surface area contributed by atoms with E-state index in [1.165, 1.54) is 12.1 Å². The van der Waals surface area contributed by atoms with Crippen molar-refractivity contribution in [2.24, 2.45) is 5.92 Å². The highest BCUT2D eigenvalue weighted by atomic mass is 35.5. The molecule has 0 radical (unpaired) electrons. The Morgan fingerprint density at radius 2 is 1.84 bits per heavy atom. The number of halogens is 4. The first-order valence-electron chi connectivity index (χ1n) is 12.3. The fraction of sp³-hybridized carbons (Fsp3) is 0.423. The van der Waals surface area contributed by atoms with E-state index in [-0.39, 0.29) is 11.8 Å². The Morgan fingerprint density at radius 1 is 1.05 bits per heavy atom. The lowest BCUT2D eigenvalue weighted by Crippen LogP contribution is -2.52. The zero-order valence-electron chi connectivity index (χ0n) is 20.1. The number of aromatic nitrogens is 2. The van der Waals surface area contributed by atoms with Gasteiger partial charge in [-0.15, -0.1) is 0 Å². The van der Waals surface area contributed by atoms with Gasteiger partial charge in [-0.2, -0.15) is 18.2 Å². The molecule has 196 valence electrons. The number of amides is 1. The molecule has 1 amide bonds. The highest BCUT2D eigenvalue weighted by Gasteiger charge is 2.33. The standard InChI is InChI=1S/C26H27ClF3N5O2/c27-21-7-1-4-18(14-21)24-31-23(37-32-24)17-33-9-3-5-19(16-33)25(36)35-12-10-34(11-13-35)22-8-2-6-20(15-22)26(28,29)30/h1-2,4,6-8,14-15,19H,3,5,9-13,16-17H2. The molecule has 2 fully saturated rings. The van der Waals surface area contributed by atoms with Crippen molar-refractivity contribution in [1.82, 2.24) is 19.9 Å². The second kappa shape index (κ2) is 10.7. The number of rotatable bonds is 5. The SMILES string of the molecule is O=C(C1CCCN(Cc2nc(-c3cccc(Cl)c3)no2)C1)N1CCN(c2cccc(C(F)(F)F)c2)CC1. The molecular formula is C26H27ClF3N5O2. The summed E-state index contributed by atoms with van der Waals surface area (Å²) in [5.41, 5.74) is 0.646. The first-order valence-corrected chi connectivity index (χ1v) is 12.7. The third-order valence-electron chi connectivity index (χ3n) is 6.89. The summed E-state index contributed by atoms with van der Waals surface area (Å²) < 4.78 is 44.7. The molecule has 37 heavy (non-hydrogen) atoms. The molecule has 1 aromatic heterocycles. The van der Waals surface area contributed by atoms with E-state index in [0.29, 0.717) is 61.7 Å². The molecule has 0 N–H and O–H groups in total. The van der Waals surface area contributed by atoms with Crippen LogP contribution in [0.1, 0.15) is 24.3 Å². The van der Waals surface area contributed by atoms with Gasteiger partial charge in [-0.05, 0) is 49.7 Å². The van der Waals surface area contributed by atoms with Gasteiger partial charge in [-0.1, -0.05) is 35.0 Å². The number of likely N-dealkylation sites (tertiary alicyclic amines) is 1. The van der Waals surface area contributed by atoms with Crippen LogP contribution < -0.4 is 4.90 Å². The summed E-state index contributed by atoms with van der Waals surface area (Å²) in [6.45, 7) is 3.86. The van der Waals surface area contributed by atoms with Crippen molar-refractivity contribution < 1.29 is 22.5 Å². The average molecular weight is 534 g/mol. The van der Waals surface area contributed by atoms with Crippen LogP contribution in [-0.4, -0.2) is 65.1 Å². The van der Waals surface area contributed by atoms with Gasteiger partial charge in [0.15, 0.2) is 0 Å². The van der Waals surface area contributed by atoms with E-state index in [2.05, 4.69) is 15.0 Å². The summed E-state index contributed by atoms with van der Waals surface area (Å²) in [4.78, 5) is 23.6. The van der Waals surface area contributed by atoms with Crippen molar-refractivity contribution in [1.29, 1.82) is 0 Å². The van der Waals surface area contributed by atoms with E-state index in [0.717, 1.165) is 31.0 Å². The molecule has 0 saturated carbocycles. The second-order valence-electron chi connectivity index (χ2n) is 9.46. The molecule has 0 aliphatic carbocycles. The number of benzene rings is 2. The van der Waals surface area contributed by atoms with Gasteiger partial charge in [0.1, 0.15) is 0 Å². The maximum atomic E-state index is 13.3. The van der Waals surface area contributed by atoms with E-state index in [1.807, 2.05) is 21.9 Å². The Morgan fingerprint density at radius 3 is 2.59 bits per heavy atom. The van der Waals surface area contributed by atoms with Crippen LogP contribution in [0.3, 0.4) is 0 Å². The van der Waals surface area contributed by atoms with Crippen LogP contribution in [0.2, 0.25) is 5.02 Å². The Kier molecular flexibility index (Phi) is 7.39. The van der Waals surface area contributed by atoms with Gasteiger partial charge in [0.2, 0.25) is 17.6 Å². The minimum Gasteiger partial charge on any atom is -0.368 e. The third kappa shape index (κ3) is 6.07. The normalized spacial score (nSPS) is 19.3. The number of hydrogen-bond donors (Lipinski definition) is 0. The number of piperazine rings is 1. The number of piperidine rings is 1. The predicted molar refractivity (Wildman–Crippen MR) is 133 cm³/mol. The summed E-state index contributed by atoms with van der Waals surface area (Å²) >= 11 is 6.05. The number of alkyl halides is 3. The van der Waals surface area contributed by atoms with Crippen molar-refractivity contribution in [2.75, 3.05) is 44.2 Å². The van der Waals surface area contributed by atoms with Gasteiger partial charge >= 0.3 is 6.18 Å².